The van der Waals surface area contributed by atoms with Crippen molar-refractivity contribution in [3.8, 4) is 5.88 Å². The summed E-state index contributed by atoms with van der Waals surface area (Å²) in [5.74, 6) is -0.0802. The van der Waals surface area contributed by atoms with Crippen LogP contribution in [-0.2, 0) is 6.42 Å². The zero-order chi connectivity index (χ0) is 16.2. The van der Waals surface area contributed by atoms with Crippen LogP contribution in [0.2, 0.25) is 0 Å². The van der Waals surface area contributed by atoms with Crippen molar-refractivity contribution >= 4 is 5.95 Å². The third-order valence-electron chi connectivity index (χ3n) is 4.09. The molecule has 6 nitrogen and oxygen atoms in total. The highest BCUT2D eigenvalue weighted by Crippen LogP contribution is 2.33. The summed E-state index contributed by atoms with van der Waals surface area (Å²) in [5, 5.41) is 12.8. The molecule has 7 heteroatoms. The molecule has 0 amide bonds. The molecular formula is C16H19FN4O2. The Labute approximate surface area is 133 Å². The largest absolute Gasteiger partial charge is 0.479 e. The molecule has 23 heavy (non-hydrogen) atoms. The summed E-state index contributed by atoms with van der Waals surface area (Å²) in [4.78, 5) is 12.3. The van der Waals surface area contributed by atoms with Crippen molar-refractivity contribution in [3.63, 3.8) is 0 Å². The lowest BCUT2D eigenvalue weighted by molar-refractivity contribution is 0.0340. The number of rotatable bonds is 6. The molecule has 1 fully saturated rings. The maximum absolute atomic E-state index is 13.4. The van der Waals surface area contributed by atoms with Crippen molar-refractivity contribution in [3.05, 3.63) is 42.1 Å². The third kappa shape index (κ3) is 3.73. The summed E-state index contributed by atoms with van der Waals surface area (Å²) < 4.78 is 18.3. The predicted molar refractivity (Wildman–Crippen MR) is 82.6 cm³/mol. The maximum atomic E-state index is 13.4. The van der Waals surface area contributed by atoms with Gasteiger partial charge in [0.15, 0.2) is 0 Å². The molecule has 0 radical (unpaired) electrons. The van der Waals surface area contributed by atoms with Crippen LogP contribution in [0.1, 0.15) is 18.5 Å². The lowest BCUT2D eigenvalue weighted by atomic mass is 9.76. The van der Waals surface area contributed by atoms with Crippen molar-refractivity contribution in [2.45, 2.75) is 31.4 Å². The number of aliphatic hydroxyl groups excluding tert-OH is 1. The average Bonchev–Trinajstić information content (AvgIpc) is 2.54. The normalized spacial score (nSPS) is 21.3. The van der Waals surface area contributed by atoms with Crippen LogP contribution in [0, 0.1) is 11.7 Å². The van der Waals surface area contributed by atoms with Crippen molar-refractivity contribution in [1.82, 2.24) is 15.0 Å². The molecule has 0 aromatic carbocycles. The molecule has 3 rings (SSSR count). The molecule has 0 bridgehead atoms. The Morgan fingerprint density at radius 1 is 1.39 bits per heavy atom. The van der Waals surface area contributed by atoms with Gasteiger partial charge in [-0.3, -0.25) is 4.98 Å². The fraction of sp³-hybridized carbons (Fsp3) is 0.438. The number of pyridine rings is 1. The molecule has 2 aromatic heterocycles. The van der Waals surface area contributed by atoms with Gasteiger partial charge in [-0.05, 0) is 30.9 Å². The number of methoxy groups -OCH3 is 1. The molecule has 1 saturated carbocycles. The third-order valence-corrected chi connectivity index (χ3v) is 4.09. The van der Waals surface area contributed by atoms with E-state index in [0.29, 0.717) is 18.3 Å². The average molecular weight is 318 g/mol. The zero-order valence-corrected chi connectivity index (χ0v) is 12.8. The van der Waals surface area contributed by atoms with Gasteiger partial charge in [-0.25, -0.2) is 4.98 Å². The summed E-state index contributed by atoms with van der Waals surface area (Å²) in [6.45, 7) is 0. The summed E-state index contributed by atoms with van der Waals surface area (Å²) in [6.07, 6.45) is 4.71. The fourth-order valence-electron chi connectivity index (χ4n) is 2.77. The summed E-state index contributed by atoms with van der Waals surface area (Å²) in [7, 11) is 1.36. The van der Waals surface area contributed by atoms with Crippen LogP contribution < -0.4 is 10.1 Å². The molecule has 0 saturated heterocycles. The van der Waals surface area contributed by atoms with Gasteiger partial charge in [0.1, 0.15) is 0 Å². The Balaban J connectivity index is 1.75. The first kappa shape index (κ1) is 15.6. The van der Waals surface area contributed by atoms with Crippen molar-refractivity contribution in [2.75, 3.05) is 12.4 Å². The van der Waals surface area contributed by atoms with Gasteiger partial charge < -0.3 is 15.2 Å². The van der Waals surface area contributed by atoms with Gasteiger partial charge in [-0.1, -0.05) is 6.07 Å². The van der Waals surface area contributed by atoms with Crippen LogP contribution in [-0.4, -0.2) is 39.3 Å². The van der Waals surface area contributed by atoms with Gasteiger partial charge in [0, 0.05) is 24.4 Å². The minimum absolute atomic E-state index is 0.0171. The van der Waals surface area contributed by atoms with E-state index in [4.69, 9.17) is 4.74 Å². The fourth-order valence-corrected chi connectivity index (χ4v) is 2.77. The highest BCUT2D eigenvalue weighted by molar-refractivity contribution is 5.31. The number of hydrogen-bond acceptors (Lipinski definition) is 6. The molecule has 1 aliphatic rings. The molecule has 1 aliphatic carbocycles. The van der Waals surface area contributed by atoms with E-state index in [2.05, 4.69) is 20.3 Å². The van der Waals surface area contributed by atoms with E-state index < -0.39 is 5.82 Å². The van der Waals surface area contributed by atoms with Crippen LogP contribution >= 0.6 is 0 Å². The number of nitrogens with one attached hydrogen (secondary N) is 1. The molecule has 1 atom stereocenters. The van der Waals surface area contributed by atoms with Gasteiger partial charge >= 0.3 is 0 Å². The van der Waals surface area contributed by atoms with E-state index in [-0.39, 0.29) is 18.0 Å². The maximum Gasteiger partial charge on any atom is 0.255 e. The Morgan fingerprint density at radius 3 is 2.87 bits per heavy atom. The standard InChI is InChI=1S/C16H19FN4O2/c1-23-15-13(17)9-19-16(21-15)20-14(10-6-12(22)7-10)8-11-4-2-3-5-18-11/h2-5,9-10,12,14,22H,6-8H2,1H3,(H,19,20,21). The number of ether oxygens (including phenoxy) is 1. The van der Waals surface area contributed by atoms with Gasteiger partial charge in [0.25, 0.3) is 5.88 Å². The lowest BCUT2D eigenvalue weighted by Crippen LogP contribution is -2.42. The van der Waals surface area contributed by atoms with Crippen LogP contribution in [0.5, 0.6) is 5.88 Å². The first-order valence-electron chi connectivity index (χ1n) is 7.56. The molecule has 1 unspecified atom stereocenters. The Kier molecular flexibility index (Phi) is 4.66. The number of aliphatic hydroxyl groups is 1. The second-order valence-corrected chi connectivity index (χ2v) is 5.71. The van der Waals surface area contributed by atoms with Crippen LogP contribution in [0.25, 0.3) is 0 Å². The minimum Gasteiger partial charge on any atom is -0.479 e. The first-order chi connectivity index (χ1) is 11.2. The quantitative estimate of drug-likeness (QED) is 0.845. The Hall–Kier alpha value is -2.28. The molecular weight excluding hydrogens is 299 g/mol. The zero-order valence-electron chi connectivity index (χ0n) is 12.8. The topological polar surface area (TPSA) is 80.2 Å². The Morgan fingerprint density at radius 2 is 2.22 bits per heavy atom. The van der Waals surface area contributed by atoms with Crippen LogP contribution in [0.3, 0.4) is 0 Å². The number of anilines is 1. The summed E-state index contributed by atoms with van der Waals surface area (Å²) in [5.41, 5.74) is 0.945. The lowest BCUT2D eigenvalue weighted by Gasteiger charge is -2.38. The Bertz CT molecular complexity index is 650. The van der Waals surface area contributed by atoms with E-state index in [0.717, 1.165) is 24.7 Å². The minimum atomic E-state index is -0.599. The van der Waals surface area contributed by atoms with Crippen LogP contribution in [0.4, 0.5) is 10.3 Å². The van der Waals surface area contributed by atoms with E-state index >= 15 is 0 Å². The van der Waals surface area contributed by atoms with Gasteiger partial charge in [0.2, 0.25) is 11.8 Å². The highest BCUT2D eigenvalue weighted by Gasteiger charge is 2.34. The molecule has 2 N–H and O–H groups in total. The summed E-state index contributed by atoms with van der Waals surface area (Å²) >= 11 is 0. The van der Waals surface area contributed by atoms with Crippen molar-refractivity contribution in [1.29, 1.82) is 0 Å². The second-order valence-electron chi connectivity index (χ2n) is 5.71. The molecule has 0 spiro atoms. The van der Waals surface area contributed by atoms with E-state index in [9.17, 15) is 9.50 Å². The molecule has 122 valence electrons. The van der Waals surface area contributed by atoms with E-state index in [1.54, 1.807) is 6.20 Å². The second kappa shape index (κ2) is 6.87. The van der Waals surface area contributed by atoms with Crippen molar-refractivity contribution < 1.29 is 14.2 Å². The van der Waals surface area contributed by atoms with Crippen LogP contribution in [0.15, 0.2) is 30.6 Å². The van der Waals surface area contributed by atoms with Gasteiger partial charge in [-0.15, -0.1) is 0 Å². The number of nitrogens with zero attached hydrogens (tertiary/aromatic N) is 3. The molecule has 0 aliphatic heterocycles. The molecule has 2 aromatic rings. The van der Waals surface area contributed by atoms with E-state index in [1.165, 1.54) is 7.11 Å². The first-order valence-corrected chi connectivity index (χ1v) is 7.56. The SMILES string of the molecule is COc1nc(NC(Cc2ccccn2)C2CC(O)C2)ncc1F. The predicted octanol–water partition coefficient (Wildman–Crippen LogP) is 1.81. The van der Waals surface area contributed by atoms with Gasteiger partial charge in [0.05, 0.1) is 19.4 Å². The summed E-state index contributed by atoms with van der Waals surface area (Å²) in [6, 6.07) is 5.78. The number of hydrogen-bond donors (Lipinski definition) is 2. The van der Waals surface area contributed by atoms with Crippen molar-refractivity contribution in [2.24, 2.45) is 5.92 Å². The number of aromatic nitrogens is 3. The van der Waals surface area contributed by atoms with Gasteiger partial charge in [-0.2, -0.15) is 9.37 Å². The monoisotopic (exact) mass is 318 g/mol. The smallest absolute Gasteiger partial charge is 0.255 e. The number of halogens is 1. The molecule has 2 heterocycles. The van der Waals surface area contributed by atoms with E-state index in [1.807, 2.05) is 18.2 Å². The highest BCUT2D eigenvalue weighted by atomic mass is 19.1.